The van der Waals surface area contributed by atoms with E-state index in [2.05, 4.69) is 13.8 Å². The van der Waals surface area contributed by atoms with E-state index in [4.69, 9.17) is 11.7 Å². The van der Waals surface area contributed by atoms with Crippen LogP contribution < -0.4 is 0 Å². The van der Waals surface area contributed by atoms with Crippen molar-refractivity contribution in [3.05, 3.63) is 0 Å². The van der Waals surface area contributed by atoms with Crippen molar-refractivity contribution in [1.29, 1.82) is 0 Å². The smallest absolute Gasteiger partial charge is 0.00455 e. The van der Waals surface area contributed by atoms with Crippen LogP contribution in [0.1, 0.15) is 26.7 Å². The maximum absolute atomic E-state index is 4.72. The number of rotatable bonds is 4. The van der Waals surface area contributed by atoms with Gasteiger partial charge in [0.05, 0.1) is 0 Å². The third-order valence-corrected chi connectivity index (χ3v) is 1.96. The van der Waals surface area contributed by atoms with Gasteiger partial charge in [0.25, 0.3) is 0 Å². The Kier molecular flexibility index (Phi) is 6.34. The zero-order valence-electron chi connectivity index (χ0n) is 5.52. The van der Waals surface area contributed by atoms with Crippen molar-refractivity contribution in [2.75, 3.05) is 5.75 Å². The molecule has 0 aliphatic heterocycles. The summed E-state index contributed by atoms with van der Waals surface area (Å²) in [5.41, 5.74) is 0. The molecule has 0 aliphatic rings. The van der Waals surface area contributed by atoms with E-state index in [9.17, 15) is 0 Å². The summed E-state index contributed by atoms with van der Waals surface area (Å²) in [6, 6.07) is 0. The van der Waals surface area contributed by atoms with Crippen LogP contribution in [0.3, 0.4) is 0 Å². The second kappa shape index (κ2) is 5.83. The molecule has 0 aromatic heterocycles. The topological polar surface area (TPSA) is 0 Å². The summed E-state index contributed by atoms with van der Waals surface area (Å²) < 4.78 is 0. The van der Waals surface area contributed by atoms with E-state index in [0.29, 0.717) is 0 Å². The Hall–Kier alpha value is 0.700. The maximum atomic E-state index is 4.72. The average molecular weight is 149 g/mol. The fourth-order valence-corrected chi connectivity index (χ4v) is 1.19. The first-order valence-electron chi connectivity index (χ1n) is 3.02. The Morgan fingerprint density at radius 2 is 2.12 bits per heavy atom. The highest BCUT2D eigenvalue weighted by molar-refractivity contribution is 8.68. The van der Waals surface area contributed by atoms with Crippen LogP contribution in [-0.4, -0.2) is 5.75 Å². The van der Waals surface area contributed by atoms with Crippen LogP contribution in [-0.2, 0) is 0 Å². The molecule has 0 atom stereocenters. The summed E-state index contributed by atoms with van der Waals surface area (Å²) in [4.78, 5) is 0. The van der Waals surface area contributed by atoms with E-state index >= 15 is 0 Å². The molecule has 8 heavy (non-hydrogen) atoms. The van der Waals surface area contributed by atoms with Crippen molar-refractivity contribution < 1.29 is 0 Å². The van der Waals surface area contributed by atoms with Gasteiger partial charge in [-0.1, -0.05) is 31.1 Å². The molecule has 0 saturated carbocycles. The number of hydrogen-bond acceptors (Lipinski definition) is 1. The van der Waals surface area contributed by atoms with Gasteiger partial charge in [-0.15, -0.1) is 0 Å². The van der Waals surface area contributed by atoms with E-state index in [1.54, 1.807) is 0 Å². The molecule has 0 saturated heterocycles. The van der Waals surface area contributed by atoms with E-state index in [0.717, 1.165) is 11.7 Å². The van der Waals surface area contributed by atoms with Gasteiger partial charge in [-0.2, -0.15) is 0 Å². The lowest BCUT2D eigenvalue weighted by Crippen LogP contribution is -1.86. The summed E-state index contributed by atoms with van der Waals surface area (Å²) >= 11 is 4.72. The number of hydrogen-bond donors (Lipinski definition) is 0. The molecule has 0 heterocycles. The molecule has 0 bridgehead atoms. The van der Waals surface area contributed by atoms with Crippen LogP contribution in [0.25, 0.3) is 0 Å². The van der Waals surface area contributed by atoms with Gasteiger partial charge in [0.1, 0.15) is 0 Å². The molecule has 1 radical (unpaired) electrons. The van der Waals surface area contributed by atoms with Gasteiger partial charge in [-0.3, -0.25) is 0 Å². The first-order chi connectivity index (χ1) is 3.77. The molecular weight excluding hydrogens is 136 g/mol. The second-order valence-electron chi connectivity index (χ2n) is 2.36. The van der Waals surface area contributed by atoms with Gasteiger partial charge in [0, 0.05) is 5.75 Å². The van der Waals surface area contributed by atoms with Crippen molar-refractivity contribution in [1.82, 2.24) is 0 Å². The molecule has 0 fully saturated rings. The second-order valence-corrected chi connectivity index (χ2v) is 3.71. The molecule has 0 N–H and O–H groups in total. The largest absolute Gasteiger partial charge is 0.0817 e. The molecule has 0 rings (SSSR count). The summed E-state index contributed by atoms with van der Waals surface area (Å²) in [5.74, 6) is 1.99. The van der Waals surface area contributed by atoms with Gasteiger partial charge < -0.3 is 0 Å². The summed E-state index contributed by atoms with van der Waals surface area (Å²) in [7, 11) is 1.53. The Balaban J connectivity index is 2.72. The molecule has 0 nitrogen and oxygen atoms in total. The van der Waals surface area contributed by atoms with E-state index < -0.39 is 0 Å². The van der Waals surface area contributed by atoms with Crippen molar-refractivity contribution >= 4 is 22.5 Å². The zero-order chi connectivity index (χ0) is 6.41. The maximum Gasteiger partial charge on any atom is 0.00455 e. The fourth-order valence-electron chi connectivity index (χ4n) is 0.551. The Bertz CT molecular complexity index is 43.8. The predicted octanol–water partition coefficient (Wildman–Crippen LogP) is 3.27. The van der Waals surface area contributed by atoms with Crippen molar-refractivity contribution in [3.63, 3.8) is 0 Å². The SMILES string of the molecule is CC(C)CCCS[S]. The standard InChI is InChI=1S/C6H13S2/c1-6(2)4-3-5-8-7/h6H,3-5H2,1-2H3. The van der Waals surface area contributed by atoms with Gasteiger partial charge in [0.15, 0.2) is 0 Å². The van der Waals surface area contributed by atoms with Crippen molar-refractivity contribution in [2.45, 2.75) is 26.7 Å². The quantitative estimate of drug-likeness (QED) is 0.436. The van der Waals surface area contributed by atoms with Crippen LogP contribution in [0.15, 0.2) is 0 Å². The summed E-state index contributed by atoms with van der Waals surface area (Å²) in [5, 5.41) is 0. The molecule has 0 aliphatic carbocycles. The van der Waals surface area contributed by atoms with Gasteiger partial charge in [-0.05, 0) is 24.0 Å². The predicted molar refractivity (Wildman–Crippen MR) is 44.1 cm³/mol. The lowest BCUT2D eigenvalue weighted by atomic mass is 10.1. The Morgan fingerprint density at radius 1 is 1.50 bits per heavy atom. The molecule has 0 amide bonds. The molecule has 0 spiro atoms. The highest BCUT2D eigenvalue weighted by Crippen LogP contribution is 2.11. The van der Waals surface area contributed by atoms with Crippen LogP contribution >= 0.6 is 22.5 Å². The van der Waals surface area contributed by atoms with Gasteiger partial charge >= 0.3 is 0 Å². The first kappa shape index (κ1) is 8.70. The molecular formula is C6H13S2. The third kappa shape index (κ3) is 6.70. The lowest BCUT2D eigenvalue weighted by molar-refractivity contribution is 0.579. The third-order valence-electron chi connectivity index (χ3n) is 1.01. The first-order valence-corrected chi connectivity index (χ1v) is 4.93. The fraction of sp³-hybridized carbons (Fsp3) is 1.00. The van der Waals surface area contributed by atoms with Crippen molar-refractivity contribution in [2.24, 2.45) is 5.92 Å². The molecule has 0 aromatic rings. The molecule has 49 valence electrons. The van der Waals surface area contributed by atoms with E-state index in [-0.39, 0.29) is 0 Å². The highest BCUT2D eigenvalue weighted by atomic mass is 33.1. The van der Waals surface area contributed by atoms with E-state index in [1.165, 1.54) is 23.6 Å². The van der Waals surface area contributed by atoms with Crippen molar-refractivity contribution in [3.8, 4) is 0 Å². The van der Waals surface area contributed by atoms with Gasteiger partial charge in [0.2, 0.25) is 0 Å². The molecule has 0 aromatic carbocycles. The molecule has 2 heteroatoms. The lowest BCUT2D eigenvalue weighted by Gasteiger charge is -1.99. The minimum atomic E-state index is 0.845. The van der Waals surface area contributed by atoms with Crippen LogP contribution in [0, 0.1) is 5.92 Å². The van der Waals surface area contributed by atoms with Crippen LogP contribution in [0.4, 0.5) is 0 Å². The van der Waals surface area contributed by atoms with Gasteiger partial charge in [-0.25, -0.2) is 0 Å². The zero-order valence-corrected chi connectivity index (χ0v) is 7.15. The minimum absolute atomic E-state index is 0.845. The average Bonchev–Trinajstić information content (AvgIpc) is 1.66. The monoisotopic (exact) mass is 149 g/mol. The minimum Gasteiger partial charge on any atom is -0.0817 e. The van der Waals surface area contributed by atoms with Crippen LogP contribution in [0.2, 0.25) is 0 Å². The summed E-state index contributed by atoms with van der Waals surface area (Å²) in [6.45, 7) is 4.49. The van der Waals surface area contributed by atoms with Crippen LogP contribution in [0.5, 0.6) is 0 Å². The normalized spacial score (nSPS) is 10.5. The summed E-state index contributed by atoms with van der Waals surface area (Å²) in [6.07, 6.45) is 2.61. The Labute approximate surface area is 61.2 Å². The highest BCUT2D eigenvalue weighted by Gasteiger charge is 1.91. The Morgan fingerprint density at radius 3 is 2.50 bits per heavy atom. The molecule has 0 unspecified atom stereocenters. The van der Waals surface area contributed by atoms with E-state index in [1.807, 2.05) is 0 Å².